The number of carbonyl (C=O) groups is 1. The van der Waals surface area contributed by atoms with Crippen molar-refractivity contribution in [2.45, 2.75) is 63.3 Å². The van der Waals surface area contributed by atoms with Gasteiger partial charge in [0, 0.05) is 17.8 Å². The fourth-order valence-electron chi connectivity index (χ4n) is 3.12. The first-order valence-corrected chi connectivity index (χ1v) is 10.5. The molecule has 0 saturated heterocycles. The van der Waals surface area contributed by atoms with Gasteiger partial charge in [0.2, 0.25) is 0 Å². The lowest BCUT2D eigenvalue weighted by atomic mass is 10.2. The van der Waals surface area contributed by atoms with Gasteiger partial charge in [0.05, 0.1) is 19.2 Å². The van der Waals surface area contributed by atoms with Gasteiger partial charge in [0.25, 0.3) is 0 Å². The van der Waals surface area contributed by atoms with Crippen molar-refractivity contribution in [3.05, 3.63) is 0 Å². The van der Waals surface area contributed by atoms with Crippen LogP contribution in [0, 0.1) is 5.92 Å². The van der Waals surface area contributed by atoms with Crippen LogP contribution in [0.4, 0.5) is 4.79 Å². The molecule has 2 saturated carbocycles. The molecule has 2 aliphatic carbocycles. The lowest BCUT2D eigenvalue weighted by molar-refractivity contribution is 0.147. The number of aliphatic imine (C=N–C) groups is 1. The summed E-state index contributed by atoms with van der Waals surface area (Å²) < 4.78 is 5.00. The Balaban J connectivity index is 1.86. The Morgan fingerprint density at radius 2 is 2.08 bits per heavy atom. The number of carbonyl (C=O) groups excluding carboxylic acids is 1. The van der Waals surface area contributed by atoms with E-state index in [-0.39, 0.29) is 12.1 Å². The molecule has 0 aromatic carbocycles. The van der Waals surface area contributed by atoms with Gasteiger partial charge < -0.3 is 20.7 Å². The van der Waals surface area contributed by atoms with E-state index in [1.165, 1.54) is 19.3 Å². The van der Waals surface area contributed by atoms with Crippen molar-refractivity contribution in [2.75, 3.05) is 26.0 Å². The molecule has 3 unspecified atom stereocenters. The molecule has 2 aliphatic rings. The van der Waals surface area contributed by atoms with E-state index >= 15 is 0 Å². The second-order valence-electron chi connectivity index (χ2n) is 6.54. The van der Waals surface area contributed by atoms with Crippen LogP contribution < -0.4 is 16.0 Å². The van der Waals surface area contributed by atoms with E-state index in [2.05, 4.69) is 29.1 Å². The maximum absolute atomic E-state index is 11.7. The molecule has 6 nitrogen and oxygen atoms in total. The van der Waals surface area contributed by atoms with E-state index in [4.69, 9.17) is 9.73 Å². The zero-order valence-electron chi connectivity index (χ0n) is 15.1. The Morgan fingerprint density at radius 1 is 1.29 bits per heavy atom. The molecule has 0 aliphatic heterocycles. The van der Waals surface area contributed by atoms with Crippen LogP contribution in [-0.4, -0.2) is 55.3 Å². The highest BCUT2D eigenvalue weighted by Crippen LogP contribution is 2.33. The van der Waals surface area contributed by atoms with Crippen LogP contribution in [0.15, 0.2) is 4.99 Å². The highest BCUT2D eigenvalue weighted by Gasteiger charge is 2.32. The first-order valence-electron chi connectivity index (χ1n) is 9.17. The molecule has 0 heterocycles. The minimum atomic E-state index is -0.332. The number of guanidine groups is 1. The van der Waals surface area contributed by atoms with E-state index < -0.39 is 0 Å². The summed E-state index contributed by atoms with van der Waals surface area (Å²) in [4.78, 5) is 16.4. The van der Waals surface area contributed by atoms with E-state index in [1.807, 2.05) is 18.7 Å². The van der Waals surface area contributed by atoms with Gasteiger partial charge >= 0.3 is 6.09 Å². The minimum Gasteiger partial charge on any atom is -0.450 e. The second kappa shape index (κ2) is 10.0. The van der Waals surface area contributed by atoms with Crippen molar-refractivity contribution in [1.82, 2.24) is 16.0 Å². The van der Waals surface area contributed by atoms with Gasteiger partial charge in [-0.15, -0.1) is 0 Å². The van der Waals surface area contributed by atoms with Gasteiger partial charge in [-0.2, -0.15) is 11.8 Å². The predicted molar refractivity (Wildman–Crippen MR) is 101 cm³/mol. The van der Waals surface area contributed by atoms with Gasteiger partial charge in [0.15, 0.2) is 5.96 Å². The van der Waals surface area contributed by atoms with Crippen molar-refractivity contribution in [3.63, 3.8) is 0 Å². The summed E-state index contributed by atoms with van der Waals surface area (Å²) in [5.41, 5.74) is 0. The minimum absolute atomic E-state index is 0.0713. The topological polar surface area (TPSA) is 74.8 Å². The average Bonchev–Trinajstić information content (AvgIpc) is 3.31. The van der Waals surface area contributed by atoms with E-state index in [0.29, 0.717) is 25.1 Å². The molecule has 0 spiro atoms. The monoisotopic (exact) mass is 356 g/mol. The predicted octanol–water partition coefficient (Wildman–Crippen LogP) is 2.35. The summed E-state index contributed by atoms with van der Waals surface area (Å²) in [6.45, 7) is 5.72. The Labute approximate surface area is 150 Å². The third-order valence-corrected chi connectivity index (χ3v) is 5.71. The van der Waals surface area contributed by atoms with Crippen LogP contribution in [0.25, 0.3) is 0 Å². The van der Waals surface area contributed by atoms with Crippen LogP contribution in [0.3, 0.4) is 0 Å². The van der Waals surface area contributed by atoms with Crippen molar-refractivity contribution in [2.24, 2.45) is 10.9 Å². The molecule has 0 aromatic heterocycles. The molecule has 7 heteroatoms. The molecule has 2 rings (SSSR count). The van der Waals surface area contributed by atoms with Gasteiger partial charge in [-0.3, -0.25) is 4.99 Å². The number of thioether (sulfide) groups is 1. The molecule has 24 heavy (non-hydrogen) atoms. The van der Waals surface area contributed by atoms with Gasteiger partial charge in [-0.1, -0.05) is 0 Å². The van der Waals surface area contributed by atoms with Crippen LogP contribution in [0.5, 0.6) is 0 Å². The number of ether oxygens (including phenoxy) is 1. The summed E-state index contributed by atoms with van der Waals surface area (Å²) in [7, 11) is 0. The number of nitrogens with zero attached hydrogens (tertiary/aromatic N) is 1. The highest BCUT2D eigenvalue weighted by molar-refractivity contribution is 7.99. The smallest absolute Gasteiger partial charge is 0.407 e. The number of nitrogens with one attached hydrogen (secondary N) is 3. The van der Waals surface area contributed by atoms with Gasteiger partial charge in [0.1, 0.15) is 0 Å². The SMILES string of the molecule is CCNC(=NCC(NC(=O)OCC)C1CC1)NC1CCC(SC)C1. The van der Waals surface area contributed by atoms with Gasteiger partial charge in [-0.05, 0) is 58.1 Å². The summed E-state index contributed by atoms with van der Waals surface area (Å²) in [5.74, 6) is 1.40. The molecular formula is C17H32N4O2S. The lowest BCUT2D eigenvalue weighted by Gasteiger charge is -2.20. The number of amides is 1. The average molecular weight is 357 g/mol. The summed E-state index contributed by atoms with van der Waals surface area (Å²) in [5, 5.41) is 10.6. The molecule has 0 aromatic rings. The highest BCUT2D eigenvalue weighted by atomic mass is 32.2. The molecule has 2 fully saturated rings. The normalized spacial score (nSPS) is 25.2. The zero-order chi connectivity index (χ0) is 17.4. The quantitative estimate of drug-likeness (QED) is 0.460. The largest absolute Gasteiger partial charge is 0.450 e. The molecular weight excluding hydrogens is 324 g/mol. The third kappa shape index (κ3) is 6.42. The van der Waals surface area contributed by atoms with Crippen molar-refractivity contribution in [1.29, 1.82) is 0 Å². The van der Waals surface area contributed by atoms with E-state index in [9.17, 15) is 4.79 Å². The Kier molecular flexibility index (Phi) is 8.02. The number of hydrogen-bond donors (Lipinski definition) is 3. The Hall–Kier alpha value is -1.11. The first-order chi connectivity index (χ1) is 11.7. The molecule has 3 atom stereocenters. The third-order valence-electron chi connectivity index (χ3n) is 4.62. The first kappa shape index (κ1) is 19.2. The lowest BCUT2D eigenvalue weighted by Crippen LogP contribution is -2.44. The fourth-order valence-corrected chi connectivity index (χ4v) is 3.92. The van der Waals surface area contributed by atoms with Crippen LogP contribution in [0.1, 0.15) is 46.0 Å². The second-order valence-corrected chi connectivity index (χ2v) is 7.68. The standard InChI is InChI=1S/C17H32N4O2S/c1-4-18-16(20-13-8-9-14(10-13)24-3)19-11-15(12-6-7-12)21-17(22)23-5-2/h12-15H,4-11H2,1-3H3,(H,21,22)(H2,18,19,20). The number of alkyl carbamates (subject to hydrolysis) is 1. The van der Waals surface area contributed by atoms with Crippen LogP contribution >= 0.6 is 11.8 Å². The molecule has 0 bridgehead atoms. The van der Waals surface area contributed by atoms with Crippen LogP contribution in [-0.2, 0) is 4.74 Å². The van der Waals surface area contributed by atoms with E-state index in [1.54, 1.807) is 0 Å². The number of rotatable bonds is 8. The Bertz CT molecular complexity index is 429. The van der Waals surface area contributed by atoms with Crippen molar-refractivity contribution >= 4 is 23.8 Å². The van der Waals surface area contributed by atoms with Crippen molar-refractivity contribution < 1.29 is 9.53 Å². The molecule has 0 radical (unpaired) electrons. The summed E-state index contributed by atoms with van der Waals surface area (Å²) >= 11 is 1.96. The maximum atomic E-state index is 11.7. The van der Waals surface area contributed by atoms with Crippen molar-refractivity contribution in [3.8, 4) is 0 Å². The Morgan fingerprint density at radius 3 is 2.67 bits per heavy atom. The summed E-state index contributed by atoms with van der Waals surface area (Å²) in [6.07, 6.45) is 7.84. The fraction of sp³-hybridized carbons (Fsp3) is 0.882. The zero-order valence-corrected chi connectivity index (χ0v) is 16.0. The van der Waals surface area contributed by atoms with Crippen LogP contribution in [0.2, 0.25) is 0 Å². The maximum Gasteiger partial charge on any atom is 0.407 e. The summed E-state index contributed by atoms with van der Waals surface area (Å²) in [6, 6.07) is 0.569. The number of hydrogen-bond acceptors (Lipinski definition) is 4. The van der Waals surface area contributed by atoms with Gasteiger partial charge in [-0.25, -0.2) is 4.79 Å². The van der Waals surface area contributed by atoms with E-state index in [0.717, 1.165) is 30.6 Å². The molecule has 1 amide bonds. The molecule has 138 valence electrons. The molecule has 3 N–H and O–H groups in total.